The van der Waals surface area contributed by atoms with Crippen LogP contribution in [0.2, 0.25) is 0 Å². The molecule has 0 unspecified atom stereocenters. The molecule has 0 saturated heterocycles. The first kappa shape index (κ1) is 15.4. The molecule has 0 radical (unpaired) electrons. The van der Waals surface area contributed by atoms with E-state index in [-0.39, 0.29) is 0 Å². The van der Waals surface area contributed by atoms with E-state index in [1.54, 1.807) is 0 Å². The Hall–Kier alpha value is -0.960. The summed E-state index contributed by atoms with van der Waals surface area (Å²) in [7, 11) is 0. The highest BCUT2D eigenvalue weighted by molar-refractivity contribution is 5.00. The van der Waals surface area contributed by atoms with Crippen LogP contribution in [0.25, 0.3) is 0 Å². The Morgan fingerprint density at radius 1 is 1.15 bits per heavy atom. The van der Waals surface area contributed by atoms with Crippen LogP contribution in [0, 0.1) is 18.3 Å². The third-order valence-corrected chi connectivity index (χ3v) is 5.15. The first-order valence-corrected chi connectivity index (χ1v) is 8.02. The monoisotopic (exact) mass is 275 g/mol. The van der Waals surface area contributed by atoms with Crippen molar-refractivity contribution in [3.8, 4) is 0 Å². The number of aromatic nitrogens is 2. The zero-order chi connectivity index (χ0) is 14.6. The first-order valence-electron chi connectivity index (χ1n) is 8.02. The molecular formula is C17H29N3. The van der Waals surface area contributed by atoms with Crippen molar-refractivity contribution >= 4 is 0 Å². The average molecular weight is 275 g/mol. The zero-order valence-electron chi connectivity index (χ0n) is 13.4. The molecule has 3 nitrogen and oxygen atoms in total. The highest BCUT2D eigenvalue weighted by Crippen LogP contribution is 2.40. The fraction of sp³-hybridized carbons (Fsp3) is 0.765. The van der Waals surface area contributed by atoms with Crippen LogP contribution in [0.15, 0.2) is 12.4 Å². The smallest absolute Gasteiger partial charge is 0.0724 e. The van der Waals surface area contributed by atoms with Gasteiger partial charge < -0.3 is 5.32 Å². The summed E-state index contributed by atoms with van der Waals surface area (Å²) in [6.07, 6.45) is 10.3. The van der Waals surface area contributed by atoms with E-state index in [4.69, 9.17) is 0 Å². The molecule has 3 heteroatoms. The Morgan fingerprint density at radius 3 is 2.40 bits per heavy atom. The summed E-state index contributed by atoms with van der Waals surface area (Å²) in [5.74, 6) is 0.893. The van der Waals surface area contributed by atoms with Crippen molar-refractivity contribution in [1.82, 2.24) is 15.3 Å². The molecule has 0 aliphatic heterocycles. The highest BCUT2D eigenvalue weighted by Gasteiger charge is 2.31. The summed E-state index contributed by atoms with van der Waals surface area (Å²) in [6, 6.07) is 0.655. The van der Waals surface area contributed by atoms with Crippen LogP contribution in [0.5, 0.6) is 0 Å². The molecule has 0 aromatic carbocycles. The average Bonchev–Trinajstić information content (AvgIpc) is 2.47. The first-order chi connectivity index (χ1) is 9.51. The SMILES string of the molecule is CCC(C)(C)C1CCC(NCc2cnc(C)cn2)CC1. The second kappa shape index (κ2) is 6.66. The van der Waals surface area contributed by atoms with Gasteiger partial charge in [0.05, 0.1) is 11.4 Å². The molecule has 1 heterocycles. The van der Waals surface area contributed by atoms with Gasteiger partial charge >= 0.3 is 0 Å². The van der Waals surface area contributed by atoms with E-state index in [2.05, 4.69) is 36.1 Å². The molecule has 1 N–H and O–H groups in total. The van der Waals surface area contributed by atoms with Crippen LogP contribution in [-0.4, -0.2) is 16.0 Å². The standard InChI is InChI=1S/C17H29N3/c1-5-17(3,4)14-6-8-15(9-7-14)20-12-16-11-18-13(2)10-19-16/h10-11,14-15,20H,5-9,12H2,1-4H3. The van der Waals surface area contributed by atoms with E-state index in [9.17, 15) is 0 Å². The van der Waals surface area contributed by atoms with Gasteiger partial charge in [-0.2, -0.15) is 0 Å². The number of nitrogens with one attached hydrogen (secondary N) is 1. The highest BCUT2D eigenvalue weighted by atomic mass is 14.9. The van der Waals surface area contributed by atoms with Gasteiger partial charge in [-0.25, -0.2) is 0 Å². The van der Waals surface area contributed by atoms with Gasteiger partial charge in [0.15, 0.2) is 0 Å². The molecule has 112 valence electrons. The molecule has 0 bridgehead atoms. The summed E-state index contributed by atoms with van der Waals surface area (Å²) in [4.78, 5) is 8.70. The third kappa shape index (κ3) is 4.02. The molecule has 1 saturated carbocycles. The molecule has 1 fully saturated rings. The van der Waals surface area contributed by atoms with Crippen LogP contribution < -0.4 is 5.32 Å². The summed E-state index contributed by atoms with van der Waals surface area (Å²) >= 11 is 0. The number of nitrogens with zero attached hydrogens (tertiary/aromatic N) is 2. The molecule has 0 spiro atoms. The maximum Gasteiger partial charge on any atom is 0.0724 e. The molecular weight excluding hydrogens is 246 g/mol. The fourth-order valence-electron chi connectivity index (χ4n) is 3.13. The van der Waals surface area contributed by atoms with Crippen molar-refractivity contribution in [1.29, 1.82) is 0 Å². The zero-order valence-corrected chi connectivity index (χ0v) is 13.4. The van der Waals surface area contributed by atoms with E-state index in [0.717, 1.165) is 23.9 Å². The van der Waals surface area contributed by atoms with E-state index in [1.807, 2.05) is 19.3 Å². The lowest BCUT2D eigenvalue weighted by molar-refractivity contribution is 0.136. The minimum absolute atomic E-state index is 0.507. The maximum absolute atomic E-state index is 4.41. The van der Waals surface area contributed by atoms with Crippen molar-refractivity contribution in [2.75, 3.05) is 0 Å². The van der Waals surface area contributed by atoms with Crippen LogP contribution in [0.1, 0.15) is 64.3 Å². The lowest BCUT2D eigenvalue weighted by atomic mass is 9.69. The lowest BCUT2D eigenvalue weighted by Crippen LogP contribution is -2.36. The number of hydrogen-bond donors (Lipinski definition) is 1. The lowest BCUT2D eigenvalue weighted by Gasteiger charge is -2.39. The van der Waals surface area contributed by atoms with Gasteiger partial charge in [0.2, 0.25) is 0 Å². The second-order valence-corrected chi connectivity index (χ2v) is 6.92. The number of rotatable bonds is 5. The van der Waals surface area contributed by atoms with E-state index < -0.39 is 0 Å². The maximum atomic E-state index is 4.41. The minimum Gasteiger partial charge on any atom is -0.308 e. The van der Waals surface area contributed by atoms with Crippen molar-refractivity contribution in [2.24, 2.45) is 11.3 Å². The summed E-state index contributed by atoms with van der Waals surface area (Å²) < 4.78 is 0. The molecule has 0 atom stereocenters. The molecule has 0 amide bonds. The van der Waals surface area contributed by atoms with E-state index >= 15 is 0 Å². The second-order valence-electron chi connectivity index (χ2n) is 6.92. The van der Waals surface area contributed by atoms with Crippen LogP contribution in [-0.2, 0) is 6.54 Å². The molecule has 1 aliphatic carbocycles. The van der Waals surface area contributed by atoms with Gasteiger partial charge in [-0.15, -0.1) is 0 Å². The van der Waals surface area contributed by atoms with Crippen LogP contribution in [0.3, 0.4) is 0 Å². The Bertz CT molecular complexity index is 403. The van der Waals surface area contributed by atoms with Crippen LogP contribution in [0.4, 0.5) is 0 Å². The Labute approximate surface area is 123 Å². The van der Waals surface area contributed by atoms with Gasteiger partial charge in [0.1, 0.15) is 0 Å². The predicted molar refractivity (Wildman–Crippen MR) is 83.4 cm³/mol. The van der Waals surface area contributed by atoms with Crippen molar-refractivity contribution in [3.63, 3.8) is 0 Å². The van der Waals surface area contributed by atoms with Gasteiger partial charge in [0.25, 0.3) is 0 Å². The van der Waals surface area contributed by atoms with Crippen LogP contribution >= 0.6 is 0 Å². The summed E-state index contributed by atoms with van der Waals surface area (Å²) in [5.41, 5.74) is 2.54. The van der Waals surface area contributed by atoms with Crippen molar-refractivity contribution < 1.29 is 0 Å². The largest absolute Gasteiger partial charge is 0.308 e. The van der Waals surface area contributed by atoms with Crippen molar-refractivity contribution in [2.45, 2.75) is 72.4 Å². The Morgan fingerprint density at radius 2 is 1.85 bits per heavy atom. The molecule has 1 aromatic rings. The summed E-state index contributed by atoms with van der Waals surface area (Å²) in [5, 5.41) is 3.64. The van der Waals surface area contributed by atoms with Gasteiger partial charge in [0, 0.05) is 25.0 Å². The van der Waals surface area contributed by atoms with E-state index in [0.29, 0.717) is 11.5 Å². The molecule has 20 heavy (non-hydrogen) atoms. The fourth-order valence-corrected chi connectivity index (χ4v) is 3.13. The third-order valence-electron chi connectivity index (χ3n) is 5.15. The van der Waals surface area contributed by atoms with Gasteiger partial charge in [-0.3, -0.25) is 9.97 Å². The normalized spacial score (nSPS) is 23.8. The number of aryl methyl sites for hydroxylation is 1. The van der Waals surface area contributed by atoms with Gasteiger partial charge in [-0.05, 0) is 43.9 Å². The number of hydrogen-bond acceptors (Lipinski definition) is 3. The Balaban J connectivity index is 1.76. The van der Waals surface area contributed by atoms with E-state index in [1.165, 1.54) is 32.1 Å². The Kier molecular flexibility index (Phi) is 5.14. The molecule has 2 rings (SSSR count). The topological polar surface area (TPSA) is 37.8 Å². The molecule has 1 aromatic heterocycles. The van der Waals surface area contributed by atoms with Gasteiger partial charge in [-0.1, -0.05) is 27.2 Å². The predicted octanol–water partition coefficient (Wildman–Crippen LogP) is 3.87. The molecule has 1 aliphatic rings. The van der Waals surface area contributed by atoms with Crippen molar-refractivity contribution in [3.05, 3.63) is 23.8 Å². The summed E-state index contributed by atoms with van der Waals surface area (Å²) in [6.45, 7) is 9.99. The minimum atomic E-state index is 0.507. The quantitative estimate of drug-likeness (QED) is 0.886.